The summed E-state index contributed by atoms with van der Waals surface area (Å²) < 4.78 is 5.17. The number of carbonyl (C=O) groups excluding carboxylic acids is 2. The highest BCUT2D eigenvalue weighted by molar-refractivity contribution is 6.10. The van der Waals surface area contributed by atoms with Crippen molar-refractivity contribution in [2.45, 2.75) is 6.54 Å². The molecule has 0 aliphatic carbocycles. The average Bonchev–Trinajstić information content (AvgIpc) is 3.29. The Morgan fingerprint density at radius 1 is 1.00 bits per heavy atom. The molecule has 11 nitrogen and oxygen atoms in total. The number of nitro groups is 2. The Morgan fingerprint density at radius 2 is 1.71 bits per heavy atom. The fraction of sp³-hybridized carbons (Fsp3) is 0.100. The summed E-state index contributed by atoms with van der Waals surface area (Å²) in [6.45, 7) is 0.145. The monoisotopic (exact) mass is 424 g/mol. The van der Waals surface area contributed by atoms with Gasteiger partial charge in [0.15, 0.2) is 0 Å². The van der Waals surface area contributed by atoms with Gasteiger partial charge in [0.25, 0.3) is 11.8 Å². The largest absolute Gasteiger partial charge is 0.467 e. The Hall–Kier alpha value is -4.54. The first-order valence-electron chi connectivity index (χ1n) is 8.90. The molecule has 0 radical (unpaired) electrons. The maximum Gasteiger partial charge on any atom is 0.346 e. The standard InChI is InChI=1S/C20H16N4O7/c1-22(20(26)13-8-9-17(23(27)28)18(11-13)24(29)30)16-7-3-2-6-15(16)19(25)21-12-14-5-4-10-31-14/h2-11H,12H2,1H3,(H,21,25). The number of para-hydroxylation sites is 1. The first kappa shape index (κ1) is 21.2. The third-order valence-corrected chi connectivity index (χ3v) is 4.43. The van der Waals surface area contributed by atoms with Crippen LogP contribution in [0.2, 0.25) is 0 Å². The van der Waals surface area contributed by atoms with Gasteiger partial charge in [0.2, 0.25) is 0 Å². The molecule has 2 amide bonds. The van der Waals surface area contributed by atoms with E-state index in [2.05, 4.69) is 5.32 Å². The number of rotatable bonds is 7. The van der Waals surface area contributed by atoms with Crippen LogP contribution < -0.4 is 10.2 Å². The second-order valence-corrected chi connectivity index (χ2v) is 6.36. The van der Waals surface area contributed by atoms with Gasteiger partial charge < -0.3 is 14.6 Å². The van der Waals surface area contributed by atoms with Crippen molar-refractivity contribution < 1.29 is 23.9 Å². The van der Waals surface area contributed by atoms with E-state index in [1.807, 2.05) is 0 Å². The molecule has 0 fully saturated rings. The normalized spacial score (nSPS) is 10.4. The van der Waals surface area contributed by atoms with Gasteiger partial charge in [0.05, 0.1) is 33.9 Å². The lowest BCUT2D eigenvalue weighted by molar-refractivity contribution is -0.422. The fourth-order valence-corrected chi connectivity index (χ4v) is 2.89. The zero-order valence-electron chi connectivity index (χ0n) is 16.2. The molecule has 0 saturated carbocycles. The van der Waals surface area contributed by atoms with Crippen LogP contribution in [-0.4, -0.2) is 28.7 Å². The molecule has 158 valence electrons. The predicted molar refractivity (Wildman–Crippen MR) is 109 cm³/mol. The first-order chi connectivity index (χ1) is 14.8. The molecule has 2 aromatic carbocycles. The van der Waals surface area contributed by atoms with Crippen LogP contribution in [0.4, 0.5) is 17.1 Å². The van der Waals surface area contributed by atoms with Gasteiger partial charge in [0, 0.05) is 24.7 Å². The molecule has 3 aromatic rings. The van der Waals surface area contributed by atoms with Gasteiger partial charge in [-0.2, -0.15) is 0 Å². The topological polar surface area (TPSA) is 149 Å². The second-order valence-electron chi connectivity index (χ2n) is 6.36. The molecule has 0 saturated heterocycles. The maximum absolute atomic E-state index is 12.9. The number of furan rings is 1. The lowest BCUT2D eigenvalue weighted by atomic mass is 10.1. The summed E-state index contributed by atoms with van der Waals surface area (Å²) in [6.07, 6.45) is 1.48. The van der Waals surface area contributed by atoms with E-state index >= 15 is 0 Å². The van der Waals surface area contributed by atoms with Crippen molar-refractivity contribution in [2.24, 2.45) is 0 Å². The van der Waals surface area contributed by atoms with Gasteiger partial charge >= 0.3 is 11.4 Å². The number of nitro benzene ring substituents is 2. The van der Waals surface area contributed by atoms with Crippen LogP contribution in [0, 0.1) is 20.2 Å². The number of hydrogen-bond donors (Lipinski definition) is 1. The first-order valence-corrected chi connectivity index (χ1v) is 8.90. The van der Waals surface area contributed by atoms with Crippen molar-refractivity contribution >= 4 is 28.9 Å². The molecule has 0 unspecified atom stereocenters. The van der Waals surface area contributed by atoms with Crippen molar-refractivity contribution in [3.8, 4) is 0 Å². The Labute approximate surface area is 175 Å². The minimum absolute atomic E-state index is 0.134. The van der Waals surface area contributed by atoms with Crippen LogP contribution in [-0.2, 0) is 6.54 Å². The van der Waals surface area contributed by atoms with E-state index in [9.17, 15) is 29.8 Å². The third-order valence-electron chi connectivity index (χ3n) is 4.43. The van der Waals surface area contributed by atoms with Gasteiger partial charge in [-0.1, -0.05) is 12.1 Å². The molecule has 0 bridgehead atoms. The molecule has 0 aliphatic rings. The average molecular weight is 424 g/mol. The van der Waals surface area contributed by atoms with Crippen molar-refractivity contribution in [1.29, 1.82) is 0 Å². The summed E-state index contributed by atoms with van der Waals surface area (Å²) in [5.41, 5.74) is -1.20. The molecule has 11 heteroatoms. The highest BCUT2D eigenvalue weighted by Gasteiger charge is 2.27. The molecule has 1 aromatic heterocycles. The van der Waals surface area contributed by atoms with Crippen molar-refractivity contribution in [3.63, 3.8) is 0 Å². The zero-order valence-corrected chi connectivity index (χ0v) is 16.2. The minimum Gasteiger partial charge on any atom is -0.467 e. The summed E-state index contributed by atoms with van der Waals surface area (Å²) in [5.74, 6) is -0.584. The molecule has 31 heavy (non-hydrogen) atoms. The molecular formula is C20H16N4O7. The highest BCUT2D eigenvalue weighted by Crippen LogP contribution is 2.29. The molecule has 1 N–H and O–H groups in total. The SMILES string of the molecule is CN(C(=O)c1ccc([N+](=O)[O-])c([N+](=O)[O-])c1)c1ccccc1C(=O)NCc1ccco1. The van der Waals surface area contributed by atoms with Crippen molar-refractivity contribution in [1.82, 2.24) is 5.32 Å². The highest BCUT2D eigenvalue weighted by atomic mass is 16.6. The van der Waals surface area contributed by atoms with E-state index < -0.39 is 33.0 Å². The number of nitrogens with one attached hydrogen (secondary N) is 1. The van der Waals surface area contributed by atoms with E-state index in [-0.39, 0.29) is 23.4 Å². The number of carbonyl (C=O) groups is 2. The van der Waals surface area contributed by atoms with Gasteiger partial charge in [-0.3, -0.25) is 29.8 Å². The second kappa shape index (κ2) is 8.86. The molecule has 3 rings (SSSR count). The fourth-order valence-electron chi connectivity index (χ4n) is 2.89. The summed E-state index contributed by atoms with van der Waals surface area (Å²) in [7, 11) is 1.40. The van der Waals surface area contributed by atoms with E-state index in [0.29, 0.717) is 5.76 Å². The zero-order chi connectivity index (χ0) is 22.5. The third kappa shape index (κ3) is 4.56. The maximum atomic E-state index is 12.9. The van der Waals surface area contributed by atoms with Gasteiger partial charge in [-0.25, -0.2) is 0 Å². The quantitative estimate of drug-likeness (QED) is 0.452. The molecule has 0 atom stereocenters. The molecule has 1 heterocycles. The lowest BCUT2D eigenvalue weighted by Crippen LogP contribution is -2.30. The molecule has 0 spiro atoms. The smallest absolute Gasteiger partial charge is 0.346 e. The van der Waals surface area contributed by atoms with Crippen LogP contribution in [0.1, 0.15) is 26.5 Å². The summed E-state index contributed by atoms with van der Waals surface area (Å²) in [4.78, 5) is 47.0. The summed E-state index contributed by atoms with van der Waals surface area (Å²) >= 11 is 0. The van der Waals surface area contributed by atoms with Gasteiger partial charge in [0.1, 0.15) is 5.76 Å². The Bertz CT molecular complexity index is 1160. The van der Waals surface area contributed by atoms with Gasteiger partial charge in [-0.15, -0.1) is 0 Å². The van der Waals surface area contributed by atoms with Crippen molar-refractivity contribution in [2.75, 3.05) is 11.9 Å². The number of amides is 2. The predicted octanol–water partition coefficient (Wildman–Crippen LogP) is 3.30. The summed E-state index contributed by atoms with van der Waals surface area (Å²) in [6, 6.07) is 12.6. The number of nitrogens with zero attached hydrogens (tertiary/aromatic N) is 3. The summed E-state index contributed by atoms with van der Waals surface area (Å²) in [5, 5.41) is 24.8. The number of anilines is 1. The van der Waals surface area contributed by atoms with Crippen LogP contribution in [0.5, 0.6) is 0 Å². The molecular weight excluding hydrogens is 408 g/mol. The van der Waals surface area contributed by atoms with E-state index in [1.54, 1.807) is 30.3 Å². The number of hydrogen-bond acceptors (Lipinski definition) is 7. The van der Waals surface area contributed by atoms with Crippen LogP contribution in [0.15, 0.2) is 65.3 Å². The van der Waals surface area contributed by atoms with E-state index in [4.69, 9.17) is 4.42 Å². The Kier molecular flexibility index (Phi) is 6.05. The van der Waals surface area contributed by atoms with Gasteiger partial charge in [-0.05, 0) is 30.3 Å². The minimum atomic E-state index is -0.926. The van der Waals surface area contributed by atoms with Crippen LogP contribution in [0.3, 0.4) is 0 Å². The van der Waals surface area contributed by atoms with Crippen LogP contribution in [0.25, 0.3) is 0 Å². The van der Waals surface area contributed by atoms with E-state index in [0.717, 1.165) is 23.1 Å². The lowest BCUT2D eigenvalue weighted by Gasteiger charge is -2.20. The Morgan fingerprint density at radius 3 is 2.35 bits per heavy atom. The van der Waals surface area contributed by atoms with Crippen LogP contribution >= 0.6 is 0 Å². The number of benzene rings is 2. The van der Waals surface area contributed by atoms with E-state index in [1.165, 1.54) is 19.4 Å². The Balaban J connectivity index is 1.87. The van der Waals surface area contributed by atoms with Crippen molar-refractivity contribution in [3.05, 3.63) is 98.0 Å². The molecule has 0 aliphatic heterocycles.